The molecule has 6 nitrogen and oxygen atoms in total. The van der Waals surface area contributed by atoms with Crippen molar-refractivity contribution >= 4 is 28.3 Å². The van der Waals surface area contributed by atoms with Crippen LogP contribution in [0.3, 0.4) is 0 Å². The molecule has 158 valence electrons. The number of benzene rings is 1. The molecule has 0 aromatic heterocycles. The number of halogens is 1. The Morgan fingerprint density at radius 2 is 1.79 bits per heavy atom. The van der Waals surface area contributed by atoms with E-state index in [2.05, 4.69) is 5.32 Å². The van der Waals surface area contributed by atoms with Gasteiger partial charge in [-0.2, -0.15) is 4.31 Å². The third-order valence-corrected chi connectivity index (χ3v) is 8.18. The van der Waals surface area contributed by atoms with E-state index in [0.717, 1.165) is 36.8 Å². The summed E-state index contributed by atoms with van der Waals surface area (Å²) in [7, 11) is -3.51. The van der Waals surface area contributed by atoms with Gasteiger partial charge in [0.1, 0.15) is 0 Å². The maximum atomic E-state index is 12.9. The van der Waals surface area contributed by atoms with E-state index in [9.17, 15) is 13.2 Å². The Balaban J connectivity index is 0.00000280. The number of hydrogen-bond donors (Lipinski definition) is 2. The van der Waals surface area contributed by atoms with Gasteiger partial charge < -0.3 is 11.1 Å². The second-order valence-electron chi connectivity index (χ2n) is 8.11. The highest BCUT2D eigenvalue weighted by atomic mass is 35.5. The minimum absolute atomic E-state index is 0. The Hall–Kier alpha value is -1.15. The number of hydrogen-bond acceptors (Lipinski definition) is 4. The van der Waals surface area contributed by atoms with Gasteiger partial charge in [0.05, 0.1) is 10.4 Å². The SMILES string of the molecule is Cc1ccc(S(=O)(=O)N2CCC(C(=O)NC3(CN)CCCC3)CC2)cc1C.Cl. The van der Waals surface area contributed by atoms with E-state index in [1.54, 1.807) is 12.1 Å². The first kappa shape index (κ1) is 23.1. The molecular formula is C20H32ClN3O3S. The summed E-state index contributed by atoms with van der Waals surface area (Å²) < 4.78 is 27.3. The van der Waals surface area contributed by atoms with Gasteiger partial charge in [0.2, 0.25) is 15.9 Å². The second-order valence-corrected chi connectivity index (χ2v) is 10.0. The highest BCUT2D eigenvalue weighted by molar-refractivity contribution is 7.89. The van der Waals surface area contributed by atoms with E-state index in [1.807, 2.05) is 19.9 Å². The van der Waals surface area contributed by atoms with Crippen molar-refractivity contribution < 1.29 is 13.2 Å². The molecule has 1 aromatic rings. The highest BCUT2D eigenvalue weighted by Crippen LogP contribution is 2.30. The van der Waals surface area contributed by atoms with E-state index in [4.69, 9.17) is 5.73 Å². The standard InChI is InChI=1S/C20H31N3O3S.ClH/c1-15-5-6-18(13-16(15)2)27(25,26)23-11-7-17(8-12-23)19(24)22-20(14-21)9-3-4-10-20;/h5-6,13,17H,3-4,7-12,14,21H2,1-2H3,(H,22,24);1H. The average molecular weight is 430 g/mol. The van der Waals surface area contributed by atoms with Gasteiger partial charge in [-0.3, -0.25) is 4.79 Å². The van der Waals surface area contributed by atoms with Gasteiger partial charge in [-0.25, -0.2) is 8.42 Å². The van der Waals surface area contributed by atoms with Crippen LogP contribution in [0.15, 0.2) is 23.1 Å². The summed E-state index contributed by atoms with van der Waals surface area (Å²) >= 11 is 0. The van der Waals surface area contributed by atoms with Gasteiger partial charge in [0.15, 0.2) is 0 Å². The zero-order chi connectivity index (χ0) is 19.7. The molecule has 2 aliphatic rings. The summed E-state index contributed by atoms with van der Waals surface area (Å²) in [6, 6.07) is 5.24. The molecular weight excluding hydrogens is 398 g/mol. The predicted octanol–water partition coefficient (Wildman–Crippen LogP) is 2.51. The van der Waals surface area contributed by atoms with Crippen molar-refractivity contribution in [1.82, 2.24) is 9.62 Å². The maximum Gasteiger partial charge on any atom is 0.243 e. The number of nitrogens with two attached hydrogens (primary N) is 1. The molecule has 1 saturated heterocycles. The summed E-state index contributed by atoms with van der Waals surface area (Å²) in [6.45, 7) is 5.11. The van der Waals surface area contributed by atoms with Crippen LogP contribution in [-0.2, 0) is 14.8 Å². The van der Waals surface area contributed by atoms with Gasteiger partial charge in [-0.15, -0.1) is 12.4 Å². The molecule has 1 heterocycles. The molecule has 8 heteroatoms. The molecule has 0 bridgehead atoms. The molecule has 0 radical (unpaired) electrons. The average Bonchev–Trinajstić information content (AvgIpc) is 3.13. The van der Waals surface area contributed by atoms with Crippen molar-refractivity contribution in [1.29, 1.82) is 0 Å². The molecule has 0 unspecified atom stereocenters. The van der Waals surface area contributed by atoms with Gasteiger partial charge in [0.25, 0.3) is 0 Å². The first-order valence-electron chi connectivity index (χ1n) is 9.87. The summed E-state index contributed by atoms with van der Waals surface area (Å²) in [4.78, 5) is 13.0. The van der Waals surface area contributed by atoms with E-state index < -0.39 is 10.0 Å². The number of nitrogens with zero attached hydrogens (tertiary/aromatic N) is 1. The number of amides is 1. The Labute approximate surface area is 174 Å². The molecule has 1 aliphatic heterocycles. The predicted molar refractivity (Wildman–Crippen MR) is 113 cm³/mol. The number of carbonyl (C=O) groups is 1. The minimum Gasteiger partial charge on any atom is -0.349 e. The third-order valence-electron chi connectivity index (χ3n) is 6.28. The molecule has 2 fully saturated rings. The Morgan fingerprint density at radius 3 is 2.32 bits per heavy atom. The summed E-state index contributed by atoms with van der Waals surface area (Å²) in [5, 5.41) is 3.18. The summed E-state index contributed by atoms with van der Waals surface area (Å²) in [5.74, 6) is -0.106. The lowest BCUT2D eigenvalue weighted by molar-refractivity contribution is -0.128. The fraction of sp³-hybridized carbons (Fsp3) is 0.650. The Bertz CT molecular complexity index is 799. The molecule has 28 heavy (non-hydrogen) atoms. The first-order valence-corrected chi connectivity index (χ1v) is 11.3. The number of aryl methyl sites for hydroxylation is 2. The molecule has 1 aliphatic carbocycles. The normalized spacial score (nSPS) is 20.5. The lowest BCUT2D eigenvalue weighted by Gasteiger charge is -2.34. The zero-order valence-corrected chi connectivity index (χ0v) is 18.4. The zero-order valence-electron chi connectivity index (χ0n) is 16.7. The lowest BCUT2D eigenvalue weighted by Crippen LogP contribution is -2.54. The number of rotatable bonds is 5. The fourth-order valence-corrected chi connectivity index (χ4v) is 5.73. The number of carbonyl (C=O) groups excluding carboxylic acids is 1. The van der Waals surface area contributed by atoms with Gasteiger partial charge in [-0.1, -0.05) is 18.9 Å². The van der Waals surface area contributed by atoms with Crippen LogP contribution in [0.2, 0.25) is 0 Å². The van der Waals surface area contributed by atoms with Crippen LogP contribution in [0.4, 0.5) is 0 Å². The molecule has 1 saturated carbocycles. The van der Waals surface area contributed by atoms with E-state index in [-0.39, 0.29) is 29.8 Å². The van der Waals surface area contributed by atoms with Gasteiger partial charge in [0, 0.05) is 25.6 Å². The monoisotopic (exact) mass is 429 g/mol. The molecule has 1 amide bonds. The number of piperidine rings is 1. The fourth-order valence-electron chi connectivity index (χ4n) is 4.18. The quantitative estimate of drug-likeness (QED) is 0.752. The van der Waals surface area contributed by atoms with Gasteiger partial charge in [-0.05, 0) is 62.8 Å². The molecule has 3 rings (SSSR count). The summed E-state index contributed by atoms with van der Waals surface area (Å²) in [5.41, 5.74) is 7.70. The van der Waals surface area contributed by atoms with Crippen molar-refractivity contribution in [2.45, 2.75) is 62.8 Å². The topological polar surface area (TPSA) is 92.5 Å². The second kappa shape index (κ2) is 9.11. The van der Waals surface area contributed by atoms with Crippen LogP contribution < -0.4 is 11.1 Å². The molecule has 1 aromatic carbocycles. The van der Waals surface area contributed by atoms with E-state index in [1.165, 1.54) is 4.31 Å². The number of sulfonamides is 1. The largest absolute Gasteiger partial charge is 0.349 e. The van der Waals surface area contributed by atoms with Crippen LogP contribution in [0, 0.1) is 19.8 Å². The van der Waals surface area contributed by atoms with Crippen LogP contribution in [0.5, 0.6) is 0 Å². The van der Waals surface area contributed by atoms with Crippen molar-refractivity contribution in [2.24, 2.45) is 11.7 Å². The Morgan fingerprint density at radius 1 is 1.18 bits per heavy atom. The summed E-state index contributed by atoms with van der Waals surface area (Å²) in [6.07, 6.45) is 5.19. The smallest absolute Gasteiger partial charge is 0.243 e. The molecule has 0 spiro atoms. The van der Waals surface area contributed by atoms with E-state index in [0.29, 0.717) is 37.4 Å². The van der Waals surface area contributed by atoms with Crippen molar-refractivity contribution in [2.75, 3.05) is 19.6 Å². The van der Waals surface area contributed by atoms with Crippen molar-refractivity contribution in [3.63, 3.8) is 0 Å². The maximum absolute atomic E-state index is 12.9. The van der Waals surface area contributed by atoms with Gasteiger partial charge >= 0.3 is 0 Å². The van der Waals surface area contributed by atoms with Crippen LogP contribution >= 0.6 is 12.4 Å². The van der Waals surface area contributed by atoms with Crippen molar-refractivity contribution in [3.05, 3.63) is 29.3 Å². The van der Waals surface area contributed by atoms with Crippen molar-refractivity contribution in [3.8, 4) is 0 Å². The number of nitrogens with one attached hydrogen (secondary N) is 1. The lowest BCUT2D eigenvalue weighted by atomic mass is 9.93. The molecule has 0 atom stereocenters. The minimum atomic E-state index is -3.51. The third kappa shape index (κ3) is 4.70. The Kier molecular flexibility index (Phi) is 7.53. The first-order chi connectivity index (χ1) is 12.8. The highest BCUT2D eigenvalue weighted by Gasteiger charge is 2.37. The van der Waals surface area contributed by atoms with E-state index >= 15 is 0 Å². The molecule has 3 N–H and O–H groups in total. The van der Waals surface area contributed by atoms with Crippen LogP contribution in [0.25, 0.3) is 0 Å². The van der Waals surface area contributed by atoms with Crippen LogP contribution in [-0.4, -0.2) is 43.8 Å². The van der Waals surface area contributed by atoms with Crippen LogP contribution in [0.1, 0.15) is 49.7 Å².